The van der Waals surface area contributed by atoms with E-state index in [9.17, 15) is 5.11 Å². The Balaban J connectivity index is 2.17. The first-order valence-electron chi connectivity index (χ1n) is 4.55. The molecule has 1 unspecified atom stereocenters. The Kier molecular flexibility index (Phi) is 2.24. The maximum atomic E-state index is 10.1. The van der Waals surface area contributed by atoms with Crippen LogP contribution in [0.5, 0.6) is 0 Å². The summed E-state index contributed by atoms with van der Waals surface area (Å²) in [4.78, 5) is 0. The van der Waals surface area contributed by atoms with Gasteiger partial charge in [0.05, 0.1) is 10.7 Å². The van der Waals surface area contributed by atoms with Gasteiger partial charge in [-0.05, 0) is 41.3 Å². The molecule has 0 radical (unpaired) electrons. The van der Waals surface area contributed by atoms with Crippen molar-refractivity contribution in [1.29, 1.82) is 0 Å². The van der Waals surface area contributed by atoms with Gasteiger partial charge in [0.2, 0.25) is 0 Å². The predicted octanol–water partition coefficient (Wildman–Crippen LogP) is 3.05. The summed E-state index contributed by atoms with van der Waals surface area (Å²) in [6, 6.07) is 1.82. The standard InChI is InChI=1S/C10H13BrO2/c1-10(12,6-7-2-3-7)9-8(11)4-5-13-9/h4-5,7,12H,2-3,6H2,1H3. The SMILES string of the molecule is CC(O)(CC1CC1)c1occc1Br. The third-order valence-electron chi connectivity index (χ3n) is 2.49. The number of furan rings is 1. The molecule has 0 amide bonds. The zero-order valence-electron chi connectivity index (χ0n) is 7.59. The fraction of sp³-hybridized carbons (Fsp3) is 0.600. The van der Waals surface area contributed by atoms with Crippen molar-refractivity contribution in [3.8, 4) is 0 Å². The minimum absolute atomic E-state index is 0.652. The first kappa shape index (κ1) is 9.28. The quantitative estimate of drug-likeness (QED) is 0.887. The molecule has 0 saturated heterocycles. The smallest absolute Gasteiger partial charge is 0.149 e. The maximum absolute atomic E-state index is 10.1. The molecule has 0 aromatic carbocycles. The van der Waals surface area contributed by atoms with Crippen molar-refractivity contribution in [3.05, 3.63) is 22.6 Å². The Hall–Kier alpha value is -0.280. The van der Waals surface area contributed by atoms with E-state index < -0.39 is 5.60 Å². The van der Waals surface area contributed by atoms with E-state index in [0.29, 0.717) is 11.7 Å². The normalized spacial score (nSPS) is 21.5. The van der Waals surface area contributed by atoms with Gasteiger partial charge in [-0.2, -0.15) is 0 Å². The van der Waals surface area contributed by atoms with Gasteiger partial charge in [0.15, 0.2) is 0 Å². The lowest BCUT2D eigenvalue weighted by atomic mass is 9.96. The molecule has 1 aliphatic rings. The second kappa shape index (κ2) is 3.14. The fourth-order valence-electron chi connectivity index (χ4n) is 1.65. The molecular weight excluding hydrogens is 232 g/mol. The van der Waals surface area contributed by atoms with Crippen LogP contribution in [0.3, 0.4) is 0 Å². The van der Waals surface area contributed by atoms with E-state index in [1.807, 2.05) is 13.0 Å². The van der Waals surface area contributed by atoms with Crippen molar-refractivity contribution in [3.63, 3.8) is 0 Å². The number of hydrogen-bond donors (Lipinski definition) is 1. The number of rotatable bonds is 3. The van der Waals surface area contributed by atoms with E-state index in [-0.39, 0.29) is 0 Å². The minimum Gasteiger partial charge on any atom is -0.465 e. The summed E-state index contributed by atoms with van der Waals surface area (Å²) in [5.41, 5.74) is -0.816. The van der Waals surface area contributed by atoms with Crippen LogP contribution in [0.2, 0.25) is 0 Å². The van der Waals surface area contributed by atoms with E-state index in [0.717, 1.165) is 10.9 Å². The molecule has 1 aromatic heterocycles. The summed E-state index contributed by atoms with van der Waals surface area (Å²) < 4.78 is 6.12. The van der Waals surface area contributed by atoms with Crippen molar-refractivity contribution in [2.24, 2.45) is 5.92 Å². The van der Waals surface area contributed by atoms with Gasteiger partial charge >= 0.3 is 0 Å². The first-order valence-corrected chi connectivity index (χ1v) is 5.35. The van der Waals surface area contributed by atoms with Gasteiger partial charge in [-0.15, -0.1) is 0 Å². The molecule has 1 atom stereocenters. The van der Waals surface area contributed by atoms with Crippen LogP contribution in [0.4, 0.5) is 0 Å². The molecular formula is C10H13BrO2. The molecule has 0 spiro atoms. The molecule has 1 heterocycles. The highest BCUT2D eigenvalue weighted by molar-refractivity contribution is 9.10. The minimum atomic E-state index is -0.816. The molecule has 1 aromatic rings. The maximum Gasteiger partial charge on any atom is 0.149 e. The van der Waals surface area contributed by atoms with Crippen molar-refractivity contribution in [2.75, 3.05) is 0 Å². The van der Waals surface area contributed by atoms with Crippen LogP contribution in [0, 0.1) is 5.92 Å². The largest absolute Gasteiger partial charge is 0.465 e. The van der Waals surface area contributed by atoms with E-state index >= 15 is 0 Å². The summed E-state index contributed by atoms with van der Waals surface area (Å²) in [5, 5.41) is 10.1. The summed E-state index contributed by atoms with van der Waals surface area (Å²) in [5.74, 6) is 1.34. The van der Waals surface area contributed by atoms with Crippen LogP contribution in [0.25, 0.3) is 0 Å². The third kappa shape index (κ3) is 1.97. The molecule has 1 N–H and O–H groups in total. The molecule has 1 aliphatic carbocycles. The van der Waals surface area contributed by atoms with E-state index in [1.165, 1.54) is 12.8 Å². The van der Waals surface area contributed by atoms with Crippen LogP contribution in [0.15, 0.2) is 21.2 Å². The van der Waals surface area contributed by atoms with Gasteiger partial charge in [0.1, 0.15) is 11.4 Å². The lowest BCUT2D eigenvalue weighted by molar-refractivity contribution is 0.0189. The van der Waals surface area contributed by atoms with E-state index in [4.69, 9.17) is 4.42 Å². The molecule has 72 valence electrons. The number of halogens is 1. The third-order valence-corrected chi connectivity index (χ3v) is 3.11. The molecule has 0 bridgehead atoms. The van der Waals surface area contributed by atoms with Gasteiger partial charge in [-0.3, -0.25) is 0 Å². The molecule has 1 saturated carbocycles. The molecule has 2 nitrogen and oxygen atoms in total. The highest BCUT2D eigenvalue weighted by Gasteiger charge is 2.36. The highest BCUT2D eigenvalue weighted by Crippen LogP contribution is 2.42. The van der Waals surface area contributed by atoms with Crippen molar-refractivity contribution < 1.29 is 9.52 Å². The Bertz CT molecular complexity index is 300. The summed E-state index contributed by atoms with van der Waals surface area (Å²) in [7, 11) is 0. The zero-order chi connectivity index (χ0) is 9.47. The molecule has 3 heteroatoms. The van der Waals surface area contributed by atoms with Crippen LogP contribution in [-0.4, -0.2) is 5.11 Å². The first-order chi connectivity index (χ1) is 6.09. The van der Waals surface area contributed by atoms with Gasteiger partial charge in [-0.25, -0.2) is 0 Å². The van der Waals surface area contributed by atoms with Crippen molar-refractivity contribution in [2.45, 2.75) is 31.8 Å². The average molecular weight is 245 g/mol. The number of aliphatic hydroxyl groups is 1. The molecule has 0 aliphatic heterocycles. The van der Waals surface area contributed by atoms with Crippen LogP contribution < -0.4 is 0 Å². The zero-order valence-corrected chi connectivity index (χ0v) is 9.17. The Morgan fingerprint density at radius 3 is 2.85 bits per heavy atom. The summed E-state index contributed by atoms with van der Waals surface area (Å²) in [6.07, 6.45) is 4.89. The Labute approximate surface area is 86.1 Å². The second-order valence-corrected chi connectivity index (χ2v) is 4.87. The average Bonchev–Trinajstić information content (AvgIpc) is 2.69. The van der Waals surface area contributed by atoms with Crippen molar-refractivity contribution >= 4 is 15.9 Å². The van der Waals surface area contributed by atoms with E-state index in [1.54, 1.807) is 6.26 Å². The molecule has 13 heavy (non-hydrogen) atoms. The lowest BCUT2D eigenvalue weighted by Crippen LogP contribution is -2.21. The predicted molar refractivity (Wildman–Crippen MR) is 53.3 cm³/mol. The summed E-state index contributed by atoms with van der Waals surface area (Å²) in [6.45, 7) is 1.81. The molecule has 1 fully saturated rings. The topological polar surface area (TPSA) is 33.4 Å². The van der Waals surface area contributed by atoms with Gasteiger partial charge in [0, 0.05) is 0 Å². The Morgan fingerprint density at radius 2 is 2.38 bits per heavy atom. The van der Waals surface area contributed by atoms with Gasteiger partial charge in [-0.1, -0.05) is 12.8 Å². The molecule has 2 rings (SSSR count). The van der Waals surface area contributed by atoms with Crippen LogP contribution in [0.1, 0.15) is 31.9 Å². The highest BCUT2D eigenvalue weighted by atomic mass is 79.9. The van der Waals surface area contributed by atoms with Gasteiger partial charge < -0.3 is 9.52 Å². The monoisotopic (exact) mass is 244 g/mol. The van der Waals surface area contributed by atoms with E-state index in [2.05, 4.69) is 15.9 Å². The van der Waals surface area contributed by atoms with Crippen molar-refractivity contribution in [1.82, 2.24) is 0 Å². The second-order valence-electron chi connectivity index (χ2n) is 4.02. The fourth-order valence-corrected chi connectivity index (χ4v) is 2.28. The summed E-state index contributed by atoms with van der Waals surface area (Å²) >= 11 is 3.36. The van der Waals surface area contributed by atoms with Crippen LogP contribution in [-0.2, 0) is 5.60 Å². The lowest BCUT2D eigenvalue weighted by Gasteiger charge is -2.20. The Morgan fingerprint density at radius 1 is 1.69 bits per heavy atom. The van der Waals surface area contributed by atoms with Gasteiger partial charge in [0.25, 0.3) is 0 Å². The number of hydrogen-bond acceptors (Lipinski definition) is 2. The van der Waals surface area contributed by atoms with Crippen LogP contribution >= 0.6 is 15.9 Å².